The number of benzene rings is 1. The van der Waals surface area contributed by atoms with E-state index in [-0.39, 0.29) is 0 Å². The second kappa shape index (κ2) is 8.91. The van der Waals surface area contributed by atoms with Crippen molar-refractivity contribution in [2.24, 2.45) is 0 Å². The topological polar surface area (TPSA) is 62.3 Å². The van der Waals surface area contributed by atoms with Gasteiger partial charge in [-0.3, -0.25) is 0 Å². The molecule has 0 bridgehead atoms. The fraction of sp³-hybridized carbons (Fsp3) is 0.421. The van der Waals surface area contributed by atoms with E-state index in [0.29, 0.717) is 17.7 Å². The predicted molar refractivity (Wildman–Crippen MR) is 109 cm³/mol. The van der Waals surface area contributed by atoms with Gasteiger partial charge in [0.2, 0.25) is 5.95 Å². The molecule has 2 heterocycles. The molecule has 0 atom stereocenters. The number of hydrogen-bond donors (Lipinski definition) is 2. The van der Waals surface area contributed by atoms with Crippen LogP contribution < -0.4 is 15.5 Å². The molecule has 2 N–H and O–H groups in total. The van der Waals surface area contributed by atoms with Crippen LogP contribution >= 0.6 is 12.2 Å². The molecule has 0 aliphatic carbocycles. The Kier molecular flexibility index (Phi) is 6.35. The van der Waals surface area contributed by atoms with E-state index < -0.39 is 0 Å². The second-order valence-corrected chi connectivity index (χ2v) is 6.77. The second-order valence-electron chi connectivity index (χ2n) is 6.36. The first-order valence-corrected chi connectivity index (χ1v) is 9.28. The molecule has 7 heteroatoms. The number of methoxy groups -OCH3 is 1. The van der Waals surface area contributed by atoms with Crippen LogP contribution in [0.3, 0.4) is 0 Å². The fourth-order valence-electron chi connectivity index (χ4n) is 3.03. The maximum atomic E-state index is 5.32. The molecular weight excluding hydrogens is 346 g/mol. The Bertz CT molecular complexity index is 767. The summed E-state index contributed by atoms with van der Waals surface area (Å²) in [5.41, 5.74) is 3.70. The molecule has 0 spiro atoms. The van der Waals surface area contributed by atoms with E-state index in [9.17, 15) is 0 Å². The minimum atomic E-state index is 0.529. The van der Waals surface area contributed by atoms with Crippen LogP contribution in [0, 0.1) is 6.92 Å². The maximum Gasteiger partial charge on any atom is 0.231 e. The van der Waals surface area contributed by atoms with E-state index in [4.69, 9.17) is 17.0 Å². The lowest BCUT2D eigenvalue weighted by molar-refractivity contribution is 0.196. The van der Waals surface area contributed by atoms with Crippen molar-refractivity contribution in [3.05, 3.63) is 47.2 Å². The minimum absolute atomic E-state index is 0.529. The van der Waals surface area contributed by atoms with Crippen LogP contribution in [0.4, 0.5) is 11.8 Å². The summed E-state index contributed by atoms with van der Waals surface area (Å²) in [6.07, 6.45) is 1.92. The lowest BCUT2D eigenvalue weighted by atomic mass is 10.00. The molecule has 26 heavy (non-hydrogen) atoms. The first-order chi connectivity index (χ1) is 12.7. The Morgan fingerprint density at radius 2 is 2.08 bits per heavy atom. The first-order valence-electron chi connectivity index (χ1n) is 8.87. The quantitative estimate of drug-likeness (QED) is 0.598. The van der Waals surface area contributed by atoms with Crippen LogP contribution in [0.2, 0.25) is 0 Å². The number of ether oxygens (including phenoxy) is 1. The average molecular weight is 372 g/mol. The van der Waals surface area contributed by atoms with Gasteiger partial charge in [-0.15, -0.1) is 0 Å². The van der Waals surface area contributed by atoms with Crippen LogP contribution in [-0.2, 0) is 17.7 Å². The van der Waals surface area contributed by atoms with Gasteiger partial charge in [-0.1, -0.05) is 24.3 Å². The van der Waals surface area contributed by atoms with Crippen molar-refractivity contribution in [3.8, 4) is 0 Å². The molecule has 1 aromatic heterocycles. The number of anilines is 2. The molecule has 0 saturated heterocycles. The molecule has 6 nitrogen and oxygen atoms in total. The van der Waals surface area contributed by atoms with Gasteiger partial charge in [0.25, 0.3) is 0 Å². The molecule has 0 saturated carbocycles. The number of fused-ring (bicyclic) bond motifs is 1. The number of nitrogens with one attached hydrogen (secondary N) is 2. The number of nitrogens with zero attached hydrogens (tertiary/aromatic N) is 3. The fourth-order valence-corrected chi connectivity index (χ4v) is 3.22. The predicted octanol–water partition coefficient (Wildman–Crippen LogP) is 2.67. The average Bonchev–Trinajstić information content (AvgIpc) is 2.64. The summed E-state index contributed by atoms with van der Waals surface area (Å²) in [4.78, 5) is 11.4. The molecule has 138 valence electrons. The summed E-state index contributed by atoms with van der Waals surface area (Å²) in [5, 5.41) is 6.76. The Balaban J connectivity index is 1.65. The number of aryl methyl sites for hydroxylation is 1. The molecule has 2 aromatic rings. The van der Waals surface area contributed by atoms with E-state index in [1.807, 2.05) is 13.0 Å². The highest BCUT2D eigenvalue weighted by molar-refractivity contribution is 7.80. The van der Waals surface area contributed by atoms with Crippen molar-refractivity contribution in [1.82, 2.24) is 15.3 Å². The highest BCUT2D eigenvalue weighted by Gasteiger charge is 2.18. The number of hydrogen-bond acceptors (Lipinski definition) is 5. The maximum absolute atomic E-state index is 5.32. The molecule has 0 amide bonds. The lowest BCUT2D eigenvalue weighted by Crippen LogP contribution is -2.33. The van der Waals surface area contributed by atoms with Gasteiger partial charge < -0.3 is 20.3 Å². The van der Waals surface area contributed by atoms with E-state index in [0.717, 1.165) is 44.0 Å². The van der Waals surface area contributed by atoms with E-state index in [1.54, 1.807) is 7.11 Å². The molecule has 3 rings (SSSR count). The van der Waals surface area contributed by atoms with Crippen LogP contribution in [-0.4, -0.2) is 41.9 Å². The normalized spacial score (nSPS) is 13.2. The lowest BCUT2D eigenvalue weighted by Gasteiger charge is -2.30. The molecule has 0 radical (unpaired) electrons. The Morgan fingerprint density at radius 1 is 1.27 bits per heavy atom. The zero-order valence-corrected chi connectivity index (χ0v) is 16.1. The van der Waals surface area contributed by atoms with Gasteiger partial charge in [0.1, 0.15) is 5.82 Å². The van der Waals surface area contributed by atoms with Crippen LogP contribution in [0.15, 0.2) is 30.3 Å². The van der Waals surface area contributed by atoms with E-state index >= 15 is 0 Å². The third-order valence-corrected chi connectivity index (χ3v) is 4.58. The Labute approximate surface area is 160 Å². The van der Waals surface area contributed by atoms with Crippen molar-refractivity contribution in [1.29, 1.82) is 0 Å². The van der Waals surface area contributed by atoms with E-state index in [2.05, 4.69) is 49.8 Å². The smallest absolute Gasteiger partial charge is 0.231 e. The summed E-state index contributed by atoms with van der Waals surface area (Å²) in [7, 11) is 1.69. The van der Waals surface area contributed by atoms with E-state index in [1.165, 1.54) is 11.1 Å². The standard InChI is InChI=1S/C19H25N5OS/c1-14-12-17(24-10-8-15-6-3-4-7-16(15)13-24)22-18(21-14)23-19(26)20-9-5-11-25-2/h3-4,6-7,12H,5,8-11,13H2,1-2H3,(H2,20,21,22,23,26). The summed E-state index contributed by atoms with van der Waals surface area (Å²) in [6.45, 7) is 5.25. The van der Waals surface area contributed by atoms with Crippen molar-refractivity contribution in [2.45, 2.75) is 26.3 Å². The zero-order valence-electron chi connectivity index (χ0n) is 15.3. The summed E-state index contributed by atoms with van der Waals surface area (Å²) in [5.74, 6) is 1.46. The van der Waals surface area contributed by atoms with Crippen molar-refractivity contribution < 1.29 is 4.74 Å². The highest BCUT2D eigenvalue weighted by Crippen LogP contribution is 2.24. The Hall–Kier alpha value is -2.25. The van der Waals surface area contributed by atoms with Gasteiger partial charge in [-0.2, -0.15) is 4.98 Å². The van der Waals surface area contributed by atoms with Crippen molar-refractivity contribution >= 4 is 29.1 Å². The van der Waals surface area contributed by atoms with Crippen LogP contribution in [0.1, 0.15) is 23.2 Å². The van der Waals surface area contributed by atoms with Gasteiger partial charge >= 0.3 is 0 Å². The molecule has 1 aliphatic rings. The van der Waals surface area contributed by atoms with Gasteiger partial charge in [-0.05, 0) is 43.1 Å². The Morgan fingerprint density at radius 3 is 2.88 bits per heavy atom. The minimum Gasteiger partial charge on any atom is -0.385 e. The largest absolute Gasteiger partial charge is 0.385 e. The molecule has 0 fully saturated rings. The third-order valence-electron chi connectivity index (χ3n) is 4.33. The number of aromatic nitrogens is 2. The third kappa shape index (κ3) is 4.89. The molecular formula is C19H25N5OS. The zero-order chi connectivity index (χ0) is 18.4. The number of rotatable bonds is 6. The SMILES string of the molecule is COCCCNC(=S)Nc1nc(C)cc(N2CCc3ccccc3C2)n1. The van der Waals surface area contributed by atoms with Gasteiger partial charge in [0.05, 0.1) is 0 Å². The summed E-state index contributed by atoms with van der Waals surface area (Å²) >= 11 is 5.32. The van der Waals surface area contributed by atoms with Crippen LogP contribution in [0.25, 0.3) is 0 Å². The van der Waals surface area contributed by atoms with Gasteiger partial charge in [0.15, 0.2) is 5.11 Å². The summed E-state index contributed by atoms with van der Waals surface area (Å²) in [6, 6.07) is 10.6. The molecule has 0 unspecified atom stereocenters. The van der Waals surface area contributed by atoms with Gasteiger partial charge in [0, 0.05) is 45.1 Å². The monoisotopic (exact) mass is 371 g/mol. The first kappa shape index (κ1) is 18.5. The van der Waals surface area contributed by atoms with Crippen molar-refractivity contribution in [3.63, 3.8) is 0 Å². The molecule has 1 aromatic carbocycles. The molecule has 1 aliphatic heterocycles. The highest BCUT2D eigenvalue weighted by atomic mass is 32.1. The van der Waals surface area contributed by atoms with Gasteiger partial charge in [-0.25, -0.2) is 4.98 Å². The number of thiocarbonyl (C=S) groups is 1. The van der Waals surface area contributed by atoms with Crippen molar-refractivity contribution in [2.75, 3.05) is 37.0 Å². The summed E-state index contributed by atoms with van der Waals surface area (Å²) < 4.78 is 5.03. The van der Waals surface area contributed by atoms with Crippen LogP contribution in [0.5, 0.6) is 0 Å².